The predicted octanol–water partition coefficient (Wildman–Crippen LogP) is 3.20. The molecule has 6 heteroatoms. The Kier molecular flexibility index (Phi) is 4.83. The van der Waals surface area contributed by atoms with Crippen LogP contribution >= 0.6 is 22.9 Å². The fraction of sp³-hybridized carbons (Fsp3) is 0.588. The van der Waals surface area contributed by atoms with Gasteiger partial charge in [-0.2, -0.15) is 0 Å². The molecule has 2 fully saturated rings. The van der Waals surface area contributed by atoms with E-state index in [0.717, 1.165) is 41.9 Å². The first-order valence-electron chi connectivity index (χ1n) is 8.39. The smallest absolute Gasteiger partial charge is 0.108 e. The highest BCUT2D eigenvalue weighted by Gasteiger charge is 2.34. The van der Waals surface area contributed by atoms with Crippen molar-refractivity contribution in [2.45, 2.75) is 37.9 Å². The van der Waals surface area contributed by atoms with E-state index in [2.05, 4.69) is 16.7 Å². The van der Waals surface area contributed by atoms with Crippen molar-refractivity contribution in [1.29, 1.82) is 0 Å². The lowest BCUT2D eigenvalue weighted by Gasteiger charge is -2.32. The Labute approximate surface area is 145 Å². The van der Waals surface area contributed by atoms with Gasteiger partial charge < -0.3 is 15.4 Å². The zero-order valence-electron chi connectivity index (χ0n) is 13.1. The van der Waals surface area contributed by atoms with Gasteiger partial charge in [0.25, 0.3) is 0 Å². The minimum absolute atomic E-state index is 0.498. The van der Waals surface area contributed by atoms with Crippen LogP contribution in [0.4, 0.5) is 0 Å². The average Bonchev–Trinajstić information content (AvgIpc) is 3.19. The summed E-state index contributed by atoms with van der Waals surface area (Å²) in [4.78, 5) is 4.70. The highest BCUT2D eigenvalue weighted by atomic mass is 35.5. The summed E-state index contributed by atoms with van der Waals surface area (Å²) in [6, 6.07) is 6.99. The number of ether oxygens (including phenoxy) is 1. The third-order valence-corrected chi connectivity index (χ3v) is 6.22. The first-order chi connectivity index (χ1) is 11.3. The van der Waals surface area contributed by atoms with Crippen LogP contribution in [0.1, 0.15) is 24.3 Å². The van der Waals surface area contributed by atoms with Gasteiger partial charge in [0.05, 0.1) is 23.4 Å². The monoisotopic (exact) mass is 351 g/mol. The predicted molar refractivity (Wildman–Crippen MR) is 95.2 cm³/mol. The van der Waals surface area contributed by atoms with Crippen molar-refractivity contribution >= 4 is 33.2 Å². The van der Waals surface area contributed by atoms with E-state index in [1.165, 1.54) is 24.0 Å². The molecule has 3 atom stereocenters. The molecule has 1 saturated carbocycles. The molecule has 1 saturated heterocycles. The highest BCUT2D eigenvalue weighted by Crippen LogP contribution is 2.30. The molecule has 0 amide bonds. The second-order valence-corrected chi connectivity index (χ2v) is 7.99. The van der Waals surface area contributed by atoms with Crippen molar-refractivity contribution in [2.24, 2.45) is 5.92 Å². The van der Waals surface area contributed by atoms with Crippen molar-refractivity contribution in [3.8, 4) is 0 Å². The molecule has 4 rings (SSSR count). The lowest BCUT2D eigenvalue weighted by atomic mass is 9.94. The molecule has 1 aliphatic heterocycles. The number of morpholine rings is 1. The van der Waals surface area contributed by atoms with Gasteiger partial charge in [0.1, 0.15) is 5.01 Å². The lowest BCUT2D eigenvalue weighted by Crippen LogP contribution is -2.50. The topological polar surface area (TPSA) is 46.2 Å². The molecule has 2 N–H and O–H groups in total. The third-order valence-electron chi connectivity index (χ3n) is 4.95. The summed E-state index contributed by atoms with van der Waals surface area (Å²) in [7, 11) is 0. The maximum Gasteiger partial charge on any atom is 0.108 e. The third kappa shape index (κ3) is 3.54. The van der Waals surface area contributed by atoms with Gasteiger partial charge >= 0.3 is 0 Å². The van der Waals surface area contributed by atoms with Gasteiger partial charge in [0.2, 0.25) is 0 Å². The van der Waals surface area contributed by atoms with Gasteiger partial charge in [-0.25, -0.2) is 4.98 Å². The van der Waals surface area contributed by atoms with Gasteiger partial charge in [0.15, 0.2) is 0 Å². The SMILES string of the molecule is Clc1ccc2sc(CNC3CCCC3C3COCCN3)nc2c1. The number of nitrogens with zero attached hydrogens (tertiary/aromatic N) is 1. The maximum atomic E-state index is 6.04. The van der Waals surface area contributed by atoms with E-state index in [1.54, 1.807) is 11.3 Å². The Hall–Kier alpha value is -0.720. The van der Waals surface area contributed by atoms with Crippen molar-refractivity contribution in [3.05, 3.63) is 28.2 Å². The molecule has 0 spiro atoms. The van der Waals surface area contributed by atoms with E-state index in [1.807, 2.05) is 12.1 Å². The molecule has 4 nitrogen and oxygen atoms in total. The number of fused-ring (bicyclic) bond motifs is 1. The molecular weight excluding hydrogens is 330 g/mol. The summed E-state index contributed by atoms with van der Waals surface area (Å²) < 4.78 is 6.85. The number of hydrogen-bond acceptors (Lipinski definition) is 5. The van der Waals surface area contributed by atoms with Crippen LogP contribution in [0.3, 0.4) is 0 Å². The van der Waals surface area contributed by atoms with Crippen LogP contribution in [0.5, 0.6) is 0 Å². The Bertz CT molecular complexity index is 671. The summed E-state index contributed by atoms with van der Waals surface area (Å²) in [5.74, 6) is 0.666. The molecular formula is C17H22ClN3OS. The molecule has 3 unspecified atom stereocenters. The minimum atomic E-state index is 0.498. The zero-order valence-corrected chi connectivity index (χ0v) is 14.6. The van der Waals surface area contributed by atoms with Gasteiger partial charge in [0, 0.05) is 30.2 Å². The molecule has 23 heavy (non-hydrogen) atoms. The number of halogens is 1. The van der Waals surface area contributed by atoms with Gasteiger partial charge in [-0.1, -0.05) is 18.0 Å². The summed E-state index contributed by atoms with van der Waals surface area (Å²) in [6.45, 7) is 3.51. The van der Waals surface area contributed by atoms with Crippen LogP contribution in [0.25, 0.3) is 10.2 Å². The largest absolute Gasteiger partial charge is 0.379 e. The number of nitrogens with one attached hydrogen (secondary N) is 2. The van der Waals surface area contributed by atoms with Crippen LogP contribution < -0.4 is 10.6 Å². The van der Waals surface area contributed by atoms with Gasteiger partial charge in [-0.05, 0) is 37.0 Å². The summed E-state index contributed by atoms with van der Waals surface area (Å²) >= 11 is 7.80. The normalized spacial score (nSPS) is 28.5. The van der Waals surface area contributed by atoms with Crippen LogP contribution in [0.15, 0.2) is 18.2 Å². The number of aromatic nitrogens is 1. The van der Waals surface area contributed by atoms with Crippen LogP contribution in [-0.4, -0.2) is 36.8 Å². The van der Waals surface area contributed by atoms with Gasteiger partial charge in [-0.3, -0.25) is 0 Å². The molecule has 1 aromatic heterocycles. The molecule has 0 radical (unpaired) electrons. The minimum Gasteiger partial charge on any atom is -0.379 e. The number of benzene rings is 1. The molecule has 0 bridgehead atoms. The number of thiazole rings is 1. The van der Waals surface area contributed by atoms with Crippen molar-refractivity contribution < 1.29 is 4.74 Å². The van der Waals surface area contributed by atoms with E-state index < -0.39 is 0 Å². The highest BCUT2D eigenvalue weighted by molar-refractivity contribution is 7.18. The van der Waals surface area contributed by atoms with Crippen molar-refractivity contribution in [3.63, 3.8) is 0 Å². The van der Waals surface area contributed by atoms with Crippen LogP contribution in [-0.2, 0) is 11.3 Å². The molecule has 2 aromatic rings. The van der Waals surface area contributed by atoms with E-state index in [4.69, 9.17) is 21.3 Å². The van der Waals surface area contributed by atoms with Crippen LogP contribution in [0.2, 0.25) is 5.02 Å². The van der Waals surface area contributed by atoms with E-state index >= 15 is 0 Å². The van der Waals surface area contributed by atoms with Crippen molar-refractivity contribution in [1.82, 2.24) is 15.6 Å². The standard InChI is InChI=1S/C17H22ClN3OS/c18-11-4-5-16-14(8-11)21-17(23-16)9-20-13-3-1-2-12(13)15-10-22-7-6-19-15/h4-5,8,12-13,15,19-20H,1-3,6-7,9-10H2. The summed E-state index contributed by atoms with van der Waals surface area (Å²) in [5, 5.41) is 9.26. The van der Waals surface area contributed by atoms with E-state index in [9.17, 15) is 0 Å². The first-order valence-corrected chi connectivity index (χ1v) is 9.58. The molecule has 2 aliphatic rings. The average molecular weight is 352 g/mol. The second kappa shape index (κ2) is 7.03. The van der Waals surface area contributed by atoms with E-state index in [-0.39, 0.29) is 0 Å². The Morgan fingerprint density at radius 2 is 2.35 bits per heavy atom. The molecule has 124 valence electrons. The first kappa shape index (κ1) is 15.8. The molecule has 1 aromatic carbocycles. The summed E-state index contributed by atoms with van der Waals surface area (Å²) in [6.07, 6.45) is 3.84. The zero-order chi connectivity index (χ0) is 15.6. The van der Waals surface area contributed by atoms with Gasteiger partial charge in [-0.15, -0.1) is 11.3 Å². The fourth-order valence-electron chi connectivity index (χ4n) is 3.83. The molecule has 1 aliphatic carbocycles. The molecule has 2 heterocycles. The number of hydrogen-bond donors (Lipinski definition) is 2. The Balaban J connectivity index is 1.40. The van der Waals surface area contributed by atoms with Crippen molar-refractivity contribution in [2.75, 3.05) is 19.8 Å². The van der Waals surface area contributed by atoms with E-state index in [0.29, 0.717) is 18.0 Å². The maximum absolute atomic E-state index is 6.04. The summed E-state index contributed by atoms with van der Waals surface area (Å²) in [5.41, 5.74) is 1.00. The Morgan fingerprint density at radius 1 is 1.39 bits per heavy atom. The van der Waals surface area contributed by atoms with Crippen LogP contribution in [0, 0.1) is 5.92 Å². The Morgan fingerprint density at radius 3 is 3.22 bits per heavy atom. The lowest BCUT2D eigenvalue weighted by molar-refractivity contribution is 0.0524. The second-order valence-electron chi connectivity index (χ2n) is 6.44. The number of rotatable bonds is 4. The quantitative estimate of drug-likeness (QED) is 0.888. The fourth-order valence-corrected chi connectivity index (χ4v) is 4.89.